The maximum Gasteiger partial charge on any atom is 0.490 e. The minimum absolute atomic E-state index is 0.0282. The number of nitrogens with one attached hydrogen (secondary N) is 1. The molecule has 7 nitrogen and oxygen atoms in total. The van der Waals surface area contributed by atoms with E-state index in [9.17, 15) is 31.1 Å². The smallest absolute Gasteiger partial charge is 0.475 e. The van der Waals surface area contributed by atoms with Gasteiger partial charge in [0.1, 0.15) is 11.4 Å². The zero-order valence-corrected chi connectivity index (χ0v) is 18.9. The normalized spacial score (nSPS) is 16.1. The molecule has 0 unspecified atom stereocenters. The number of carbonyl (C=O) groups excluding carboxylic acids is 1. The van der Waals surface area contributed by atoms with Gasteiger partial charge in [-0.05, 0) is 53.7 Å². The van der Waals surface area contributed by atoms with Crippen LogP contribution >= 0.6 is 23.4 Å². The van der Waals surface area contributed by atoms with Gasteiger partial charge in [-0.1, -0.05) is 23.7 Å². The van der Waals surface area contributed by atoms with E-state index in [1.165, 1.54) is 0 Å². The number of aromatic nitrogens is 2. The van der Waals surface area contributed by atoms with Gasteiger partial charge in [-0.3, -0.25) is 9.78 Å². The molecule has 0 aliphatic carbocycles. The lowest BCUT2D eigenvalue weighted by molar-refractivity contribution is -0.192. The number of amides is 1. The van der Waals surface area contributed by atoms with Crippen LogP contribution < -0.4 is 5.32 Å². The lowest BCUT2D eigenvalue weighted by Crippen LogP contribution is -2.21. The molecular formula is C21H11ClF6N4O3S. The third kappa shape index (κ3) is 6.95. The molecule has 0 radical (unpaired) electrons. The fraction of sp³-hybridized carbons (Fsp3) is 0.0952. The van der Waals surface area contributed by atoms with Crippen molar-refractivity contribution in [3.8, 4) is 0 Å². The number of carboxylic acid groups (broad SMARTS) is 1. The Labute approximate surface area is 206 Å². The zero-order chi connectivity index (χ0) is 26.7. The van der Waals surface area contributed by atoms with Crippen molar-refractivity contribution in [2.45, 2.75) is 12.4 Å². The summed E-state index contributed by atoms with van der Waals surface area (Å²) in [5.41, 5.74) is 0.560. The molecule has 1 saturated heterocycles. The van der Waals surface area contributed by atoms with E-state index in [4.69, 9.17) is 21.5 Å². The van der Waals surface area contributed by atoms with E-state index in [2.05, 4.69) is 20.3 Å². The van der Waals surface area contributed by atoms with Gasteiger partial charge in [0.2, 0.25) is 0 Å². The number of nitrogens with zero attached hydrogens (tertiary/aromatic N) is 3. The molecule has 3 aromatic rings. The Balaban J connectivity index is 0.000000454. The highest BCUT2D eigenvalue weighted by atomic mass is 35.5. The van der Waals surface area contributed by atoms with Crippen molar-refractivity contribution < 1.29 is 41.0 Å². The predicted molar refractivity (Wildman–Crippen MR) is 120 cm³/mol. The molecule has 1 aliphatic heterocycles. The van der Waals surface area contributed by atoms with Gasteiger partial charge < -0.3 is 10.4 Å². The van der Waals surface area contributed by atoms with Crippen molar-refractivity contribution in [1.29, 1.82) is 0 Å². The molecule has 3 heterocycles. The number of aliphatic carboxylic acids is 1. The molecule has 1 aromatic carbocycles. The van der Waals surface area contributed by atoms with Crippen LogP contribution in [0.3, 0.4) is 0 Å². The Bertz CT molecular complexity index is 1390. The Kier molecular flexibility index (Phi) is 7.89. The highest BCUT2D eigenvalue weighted by Gasteiger charge is 2.38. The summed E-state index contributed by atoms with van der Waals surface area (Å²) in [5.74, 6) is -3.12. The van der Waals surface area contributed by atoms with Crippen LogP contribution in [0.4, 0.5) is 32.0 Å². The molecule has 4 rings (SSSR count). The number of carbonyl (C=O) groups is 2. The zero-order valence-electron chi connectivity index (χ0n) is 17.4. The largest absolute Gasteiger partial charge is 0.490 e. The van der Waals surface area contributed by atoms with E-state index >= 15 is 0 Å². The van der Waals surface area contributed by atoms with E-state index < -0.39 is 29.2 Å². The van der Waals surface area contributed by atoms with Crippen LogP contribution in [0.1, 0.15) is 11.3 Å². The summed E-state index contributed by atoms with van der Waals surface area (Å²) in [6.45, 7) is 0. The second-order valence-corrected chi connectivity index (χ2v) is 8.13. The Hall–Kier alpha value is -3.65. The molecule has 0 bridgehead atoms. The quantitative estimate of drug-likeness (QED) is 0.237. The van der Waals surface area contributed by atoms with Gasteiger partial charge in [0.05, 0.1) is 10.4 Å². The first-order chi connectivity index (χ1) is 16.7. The highest BCUT2D eigenvalue weighted by molar-refractivity contribution is 8.18. The molecule has 36 heavy (non-hydrogen) atoms. The van der Waals surface area contributed by atoms with E-state index in [-0.39, 0.29) is 16.8 Å². The van der Waals surface area contributed by atoms with Gasteiger partial charge in [-0.25, -0.2) is 14.8 Å². The average molecular weight is 549 g/mol. The first-order valence-electron chi connectivity index (χ1n) is 9.42. The second-order valence-electron chi connectivity index (χ2n) is 6.74. The molecule has 15 heteroatoms. The number of rotatable bonds is 2. The average Bonchev–Trinajstić information content (AvgIpc) is 3.12. The molecule has 2 aromatic heterocycles. The molecule has 1 amide bonds. The number of aliphatic imine (C=N–C) groups is 1. The van der Waals surface area contributed by atoms with E-state index in [0.717, 1.165) is 40.4 Å². The Morgan fingerprint density at radius 3 is 2.42 bits per heavy atom. The van der Waals surface area contributed by atoms with E-state index in [1.54, 1.807) is 12.3 Å². The van der Waals surface area contributed by atoms with Gasteiger partial charge >= 0.3 is 18.3 Å². The van der Waals surface area contributed by atoms with Crippen LogP contribution in [0.15, 0.2) is 58.6 Å². The number of hydrogen-bond acceptors (Lipinski definition) is 6. The van der Waals surface area contributed by atoms with Crippen molar-refractivity contribution in [2.24, 2.45) is 4.99 Å². The molecule has 0 atom stereocenters. The van der Waals surface area contributed by atoms with Crippen LogP contribution in [0.2, 0.25) is 5.15 Å². The summed E-state index contributed by atoms with van der Waals surface area (Å²) in [4.78, 5) is 33.2. The topological polar surface area (TPSA) is 105 Å². The van der Waals surface area contributed by atoms with Crippen molar-refractivity contribution in [3.05, 3.63) is 70.0 Å². The SMILES string of the molecule is O=C(O)C(F)(F)F.O=C1NC(=Nc2ccc(C(F)(F)F)nc2Cl)SC1=Cc1ccc2ncccc2c1. The Morgan fingerprint density at radius 1 is 1.11 bits per heavy atom. The summed E-state index contributed by atoms with van der Waals surface area (Å²) >= 11 is 6.87. The maximum atomic E-state index is 12.7. The summed E-state index contributed by atoms with van der Waals surface area (Å²) in [5, 5.41) is 10.4. The number of halogens is 7. The first-order valence-corrected chi connectivity index (χ1v) is 10.6. The monoisotopic (exact) mass is 548 g/mol. The van der Waals surface area contributed by atoms with Gasteiger partial charge in [-0.15, -0.1) is 0 Å². The molecular weight excluding hydrogens is 538 g/mol. The molecule has 0 spiro atoms. The molecule has 188 valence electrons. The first kappa shape index (κ1) is 26.9. The summed E-state index contributed by atoms with van der Waals surface area (Å²) < 4.78 is 69.8. The van der Waals surface area contributed by atoms with Crippen molar-refractivity contribution in [3.63, 3.8) is 0 Å². The minimum atomic E-state index is -5.08. The number of amidine groups is 1. The van der Waals surface area contributed by atoms with Gasteiger partial charge in [-0.2, -0.15) is 26.3 Å². The Morgan fingerprint density at radius 2 is 1.81 bits per heavy atom. The number of pyridine rings is 2. The minimum Gasteiger partial charge on any atom is -0.475 e. The number of fused-ring (bicyclic) bond motifs is 1. The fourth-order valence-corrected chi connectivity index (χ4v) is 3.62. The van der Waals surface area contributed by atoms with Crippen LogP contribution in [-0.4, -0.2) is 38.3 Å². The fourth-order valence-electron chi connectivity index (χ4n) is 2.59. The van der Waals surface area contributed by atoms with E-state index in [0.29, 0.717) is 4.91 Å². The van der Waals surface area contributed by atoms with Crippen molar-refractivity contribution in [1.82, 2.24) is 15.3 Å². The van der Waals surface area contributed by atoms with Gasteiger partial charge in [0.25, 0.3) is 5.91 Å². The molecule has 1 aliphatic rings. The summed E-state index contributed by atoms with van der Waals surface area (Å²) in [6.07, 6.45) is -6.29. The maximum absolute atomic E-state index is 12.7. The number of hydrogen-bond donors (Lipinski definition) is 2. The van der Waals surface area contributed by atoms with Gasteiger partial charge in [0, 0.05) is 11.6 Å². The third-order valence-corrected chi connectivity index (χ3v) is 5.35. The van der Waals surface area contributed by atoms with Crippen molar-refractivity contribution in [2.75, 3.05) is 0 Å². The summed E-state index contributed by atoms with van der Waals surface area (Å²) in [7, 11) is 0. The molecule has 2 N–H and O–H groups in total. The standard InChI is InChI=1S/C19H10ClF3N4OS.C2HF3O2/c20-16-13(5-6-15(26-16)19(21,22)23)25-18-27-17(28)14(29-18)9-10-3-4-12-11(8-10)2-1-7-24-12;3-2(4,5)1(6)7/h1-9H,(H,25,27,28);(H,6,7). The van der Waals surface area contributed by atoms with E-state index in [1.807, 2.05) is 30.3 Å². The number of benzene rings is 1. The van der Waals surface area contributed by atoms with Crippen LogP contribution in [0, 0.1) is 0 Å². The second kappa shape index (κ2) is 10.5. The predicted octanol–water partition coefficient (Wildman–Crippen LogP) is 5.83. The number of alkyl halides is 6. The van der Waals surface area contributed by atoms with Crippen molar-refractivity contribution >= 4 is 63.1 Å². The van der Waals surface area contributed by atoms with Gasteiger partial charge in [0.15, 0.2) is 10.3 Å². The lowest BCUT2D eigenvalue weighted by Gasteiger charge is -2.06. The lowest BCUT2D eigenvalue weighted by atomic mass is 10.1. The van der Waals surface area contributed by atoms with Crippen LogP contribution in [0.5, 0.6) is 0 Å². The van der Waals surface area contributed by atoms with Crippen LogP contribution in [0.25, 0.3) is 17.0 Å². The number of carboxylic acids is 1. The summed E-state index contributed by atoms with van der Waals surface area (Å²) in [6, 6.07) is 11.2. The molecule has 1 fully saturated rings. The molecule has 0 saturated carbocycles. The number of thioether (sulfide) groups is 1. The third-order valence-electron chi connectivity index (χ3n) is 4.16. The highest BCUT2D eigenvalue weighted by Crippen LogP contribution is 2.34. The van der Waals surface area contributed by atoms with Crippen LogP contribution in [-0.2, 0) is 15.8 Å².